The van der Waals surface area contributed by atoms with Gasteiger partial charge in [0.25, 0.3) is 0 Å². The number of ether oxygens (including phenoxy) is 1. The second-order valence-electron chi connectivity index (χ2n) is 7.73. The zero-order valence-electron chi connectivity index (χ0n) is 14.7. The SMILES string of the molecule is CC(C)(C)OC(=O)N1CCC2(CC1)NCCn1c(C(F)(F)F)ccc12. The largest absolute Gasteiger partial charge is 0.444 e. The molecule has 2 aliphatic heterocycles. The molecule has 0 radical (unpaired) electrons. The van der Waals surface area contributed by atoms with Gasteiger partial charge in [0.1, 0.15) is 11.3 Å². The Bertz CT molecular complexity index is 653. The third-order valence-corrected chi connectivity index (χ3v) is 4.83. The van der Waals surface area contributed by atoms with Gasteiger partial charge in [0, 0.05) is 31.9 Å². The maximum absolute atomic E-state index is 13.2. The van der Waals surface area contributed by atoms with E-state index >= 15 is 0 Å². The van der Waals surface area contributed by atoms with E-state index in [1.54, 1.807) is 11.0 Å². The zero-order valence-corrected chi connectivity index (χ0v) is 14.7. The van der Waals surface area contributed by atoms with Gasteiger partial charge in [-0.25, -0.2) is 4.79 Å². The molecule has 1 aromatic rings. The van der Waals surface area contributed by atoms with Crippen molar-refractivity contribution in [3.05, 3.63) is 23.5 Å². The van der Waals surface area contributed by atoms with Crippen LogP contribution in [0.15, 0.2) is 12.1 Å². The lowest BCUT2D eigenvalue weighted by atomic mass is 9.83. The number of fused-ring (bicyclic) bond motifs is 2. The number of rotatable bonds is 0. The molecule has 5 nitrogen and oxygen atoms in total. The summed E-state index contributed by atoms with van der Waals surface area (Å²) < 4.78 is 46.3. The van der Waals surface area contributed by atoms with Crippen molar-refractivity contribution in [2.24, 2.45) is 0 Å². The van der Waals surface area contributed by atoms with Gasteiger partial charge in [-0.2, -0.15) is 13.2 Å². The Labute approximate surface area is 145 Å². The number of hydrogen-bond acceptors (Lipinski definition) is 3. The number of amides is 1. The van der Waals surface area contributed by atoms with Gasteiger partial charge in [0.2, 0.25) is 0 Å². The second-order valence-corrected chi connectivity index (χ2v) is 7.73. The first-order valence-electron chi connectivity index (χ1n) is 8.52. The van der Waals surface area contributed by atoms with Crippen molar-refractivity contribution in [2.45, 2.75) is 57.5 Å². The molecule has 0 atom stereocenters. The van der Waals surface area contributed by atoms with E-state index in [0.717, 1.165) is 6.07 Å². The summed E-state index contributed by atoms with van der Waals surface area (Å²) in [4.78, 5) is 13.8. The molecule has 0 saturated carbocycles. The van der Waals surface area contributed by atoms with Gasteiger partial charge >= 0.3 is 12.3 Å². The fraction of sp³-hybridized carbons (Fsp3) is 0.706. The van der Waals surface area contributed by atoms with Crippen molar-refractivity contribution < 1.29 is 22.7 Å². The van der Waals surface area contributed by atoms with Crippen molar-refractivity contribution in [1.29, 1.82) is 0 Å². The molecule has 2 aliphatic rings. The highest BCUT2D eigenvalue weighted by Crippen LogP contribution is 2.40. The number of hydrogen-bond donors (Lipinski definition) is 1. The monoisotopic (exact) mass is 359 g/mol. The quantitative estimate of drug-likeness (QED) is 0.773. The van der Waals surface area contributed by atoms with Crippen molar-refractivity contribution in [2.75, 3.05) is 19.6 Å². The van der Waals surface area contributed by atoms with E-state index in [4.69, 9.17) is 4.74 Å². The van der Waals surface area contributed by atoms with Crippen molar-refractivity contribution >= 4 is 6.09 Å². The normalized spacial score (nSPS) is 20.5. The third-order valence-electron chi connectivity index (χ3n) is 4.83. The van der Waals surface area contributed by atoms with Gasteiger partial charge in [-0.15, -0.1) is 0 Å². The number of nitrogens with one attached hydrogen (secondary N) is 1. The van der Waals surface area contributed by atoms with Crippen molar-refractivity contribution in [1.82, 2.24) is 14.8 Å². The van der Waals surface area contributed by atoms with Crippen molar-refractivity contribution in [3.8, 4) is 0 Å². The predicted octanol–water partition coefficient (Wildman–Crippen LogP) is 3.34. The van der Waals surface area contributed by atoms with Gasteiger partial charge in [-0.1, -0.05) is 0 Å². The van der Waals surface area contributed by atoms with Crippen LogP contribution in [0, 0.1) is 0 Å². The first-order chi connectivity index (χ1) is 11.5. The summed E-state index contributed by atoms with van der Waals surface area (Å²) in [6.07, 6.45) is -3.60. The fourth-order valence-corrected chi connectivity index (χ4v) is 3.70. The average Bonchev–Trinajstić information content (AvgIpc) is 2.92. The van der Waals surface area contributed by atoms with E-state index in [9.17, 15) is 18.0 Å². The smallest absolute Gasteiger partial charge is 0.431 e. The summed E-state index contributed by atoms with van der Waals surface area (Å²) in [6, 6.07) is 2.72. The van der Waals surface area contributed by atoms with Crippen LogP contribution in [0.2, 0.25) is 0 Å². The van der Waals surface area contributed by atoms with E-state index in [-0.39, 0.29) is 6.09 Å². The molecule has 3 rings (SSSR count). The molecule has 1 amide bonds. The Morgan fingerprint density at radius 1 is 1.16 bits per heavy atom. The number of piperidine rings is 1. The van der Waals surface area contributed by atoms with Gasteiger partial charge in [0.15, 0.2) is 0 Å². The fourth-order valence-electron chi connectivity index (χ4n) is 3.70. The Morgan fingerprint density at radius 3 is 2.36 bits per heavy atom. The molecule has 0 bridgehead atoms. The van der Waals surface area contributed by atoms with E-state index < -0.39 is 23.0 Å². The lowest BCUT2D eigenvalue weighted by Gasteiger charge is -2.45. The number of carbonyl (C=O) groups is 1. The number of aromatic nitrogens is 1. The zero-order chi connectivity index (χ0) is 18.5. The van der Waals surface area contributed by atoms with Crippen LogP contribution in [-0.2, 0) is 23.0 Å². The molecule has 3 heterocycles. The Morgan fingerprint density at radius 2 is 1.80 bits per heavy atom. The molecule has 1 N–H and O–H groups in total. The minimum absolute atomic E-state index is 0.300. The summed E-state index contributed by atoms with van der Waals surface area (Å²) in [7, 11) is 0. The first-order valence-corrected chi connectivity index (χ1v) is 8.52. The Balaban J connectivity index is 1.77. The molecular weight excluding hydrogens is 335 g/mol. The maximum atomic E-state index is 13.2. The van der Waals surface area contributed by atoms with E-state index in [1.807, 2.05) is 20.8 Å². The minimum atomic E-state index is -4.35. The summed E-state index contributed by atoms with van der Waals surface area (Å²) >= 11 is 0. The van der Waals surface area contributed by atoms with Crippen LogP contribution < -0.4 is 5.32 Å². The first kappa shape index (κ1) is 18.1. The summed E-state index contributed by atoms with van der Waals surface area (Å²) in [6.45, 7) is 7.12. The van der Waals surface area contributed by atoms with Crippen LogP contribution in [0.25, 0.3) is 0 Å². The number of alkyl halides is 3. The minimum Gasteiger partial charge on any atom is -0.444 e. The number of carbonyl (C=O) groups excluding carboxylic acids is 1. The van der Waals surface area contributed by atoms with Crippen LogP contribution >= 0.6 is 0 Å². The van der Waals surface area contributed by atoms with E-state index in [0.29, 0.717) is 44.7 Å². The van der Waals surface area contributed by atoms with Crippen LogP contribution in [0.1, 0.15) is 45.0 Å². The predicted molar refractivity (Wildman–Crippen MR) is 86.2 cm³/mol. The van der Waals surface area contributed by atoms with Gasteiger partial charge in [0.05, 0.1) is 5.54 Å². The standard InChI is InChI=1S/C17H24F3N3O2/c1-15(2,3)25-14(24)22-9-6-16(7-10-22)12-4-5-13(17(18,19)20)23(12)11-8-21-16/h4-5,21H,6-11H2,1-3H3. The van der Waals surface area contributed by atoms with Gasteiger partial charge in [-0.05, 0) is 45.7 Å². The van der Waals surface area contributed by atoms with Crippen LogP contribution in [-0.4, -0.2) is 40.8 Å². The van der Waals surface area contributed by atoms with Crippen LogP contribution in [0.5, 0.6) is 0 Å². The number of likely N-dealkylation sites (tertiary alicyclic amines) is 1. The van der Waals surface area contributed by atoms with Gasteiger partial charge in [-0.3, -0.25) is 0 Å². The molecule has 25 heavy (non-hydrogen) atoms. The highest BCUT2D eigenvalue weighted by Gasteiger charge is 2.45. The highest BCUT2D eigenvalue weighted by atomic mass is 19.4. The summed E-state index contributed by atoms with van der Waals surface area (Å²) in [5.74, 6) is 0. The molecule has 140 valence electrons. The summed E-state index contributed by atoms with van der Waals surface area (Å²) in [5, 5.41) is 3.40. The molecule has 1 aromatic heterocycles. The number of halogens is 3. The Hall–Kier alpha value is -1.70. The van der Waals surface area contributed by atoms with Crippen molar-refractivity contribution in [3.63, 3.8) is 0 Å². The molecule has 1 fully saturated rings. The molecular formula is C17H24F3N3O2. The molecule has 1 saturated heterocycles. The lowest BCUT2D eigenvalue weighted by molar-refractivity contribution is -0.144. The van der Waals surface area contributed by atoms with Crippen LogP contribution in [0.3, 0.4) is 0 Å². The molecule has 0 aromatic carbocycles. The molecule has 1 spiro atoms. The molecule has 0 unspecified atom stereocenters. The number of nitrogens with zero attached hydrogens (tertiary/aromatic N) is 2. The highest BCUT2D eigenvalue weighted by molar-refractivity contribution is 5.68. The Kier molecular flexibility index (Phi) is 4.29. The maximum Gasteiger partial charge on any atom is 0.431 e. The van der Waals surface area contributed by atoms with E-state index in [1.165, 1.54) is 4.57 Å². The lowest BCUT2D eigenvalue weighted by Crippen LogP contribution is -2.56. The van der Waals surface area contributed by atoms with Crippen LogP contribution in [0.4, 0.5) is 18.0 Å². The van der Waals surface area contributed by atoms with E-state index in [2.05, 4.69) is 5.32 Å². The molecule has 0 aliphatic carbocycles. The summed E-state index contributed by atoms with van der Waals surface area (Å²) in [5.41, 5.74) is -1.01. The molecule has 8 heteroatoms. The topological polar surface area (TPSA) is 46.5 Å². The third kappa shape index (κ3) is 3.49. The second kappa shape index (κ2) is 5.93. The van der Waals surface area contributed by atoms with Gasteiger partial charge < -0.3 is 19.5 Å². The average molecular weight is 359 g/mol.